The molecular weight excluding hydrogens is 140 g/mol. The molecule has 1 rings (SSSR count). The minimum absolute atomic E-state index is 0.411. The second-order valence-electron chi connectivity index (χ2n) is 1.99. The van der Waals surface area contributed by atoms with Crippen LogP contribution in [-0.2, 0) is 0 Å². The summed E-state index contributed by atoms with van der Waals surface area (Å²) in [5.74, 6) is 1.02. The molecule has 1 heterocycles. The Balaban J connectivity index is 2.69. The maximum Gasteiger partial charge on any atom is 0.166 e. The lowest BCUT2D eigenvalue weighted by Crippen LogP contribution is -1.98. The summed E-state index contributed by atoms with van der Waals surface area (Å²) in [6.07, 6.45) is 3.28. The van der Waals surface area contributed by atoms with E-state index in [-0.39, 0.29) is 0 Å². The van der Waals surface area contributed by atoms with Crippen LogP contribution in [-0.4, -0.2) is 11.6 Å². The van der Waals surface area contributed by atoms with Gasteiger partial charge in [0.2, 0.25) is 0 Å². The van der Waals surface area contributed by atoms with Gasteiger partial charge in [0.15, 0.2) is 11.6 Å². The van der Waals surface area contributed by atoms with Crippen molar-refractivity contribution >= 4 is 5.82 Å². The molecule has 2 N–H and O–H groups in total. The Kier molecular flexibility index (Phi) is 2.49. The molecule has 0 radical (unpaired) electrons. The molecular formula is C8H10N2O. The molecule has 0 aliphatic heterocycles. The average Bonchev–Trinajstić information content (AvgIpc) is 2.03. The van der Waals surface area contributed by atoms with Gasteiger partial charge in [0, 0.05) is 6.20 Å². The molecule has 0 saturated carbocycles. The highest BCUT2D eigenvalue weighted by Gasteiger charge is 1.96. The lowest BCUT2D eigenvalue weighted by Gasteiger charge is -2.03. The van der Waals surface area contributed by atoms with Gasteiger partial charge in [-0.15, -0.1) is 0 Å². The highest BCUT2D eigenvalue weighted by Crippen LogP contribution is 2.16. The smallest absolute Gasteiger partial charge is 0.166 e. The second-order valence-corrected chi connectivity index (χ2v) is 1.99. The fraction of sp³-hybridized carbons (Fsp3) is 0.125. The first-order valence-corrected chi connectivity index (χ1v) is 3.29. The van der Waals surface area contributed by atoms with Crippen molar-refractivity contribution in [1.29, 1.82) is 0 Å². The SMILES string of the molecule is C=CCOc1cccnc1N. The van der Waals surface area contributed by atoms with Gasteiger partial charge in [-0.25, -0.2) is 4.98 Å². The fourth-order valence-corrected chi connectivity index (χ4v) is 0.674. The Morgan fingerprint density at radius 2 is 2.55 bits per heavy atom. The van der Waals surface area contributed by atoms with Crippen molar-refractivity contribution in [1.82, 2.24) is 4.98 Å². The van der Waals surface area contributed by atoms with Crippen LogP contribution < -0.4 is 10.5 Å². The Labute approximate surface area is 65.5 Å². The molecule has 3 heteroatoms. The Morgan fingerprint density at radius 3 is 3.18 bits per heavy atom. The largest absolute Gasteiger partial charge is 0.486 e. The van der Waals surface area contributed by atoms with E-state index in [0.29, 0.717) is 18.2 Å². The van der Waals surface area contributed by atoms with E-state index in [1.54, 1.807) is 24.4 Å². The summed E-state index contributed by atoms with van der Waals surface area (Å²) < 4.78 is 5.18. The van der Waals surface area contributed by atoms with Crippen LogP contribution in [0, 0.1) is 0 Å². The third kappa shape index (κ3) is 1.97. The van der Waals surface area contributed by atoms with Gasteiger partial charge >= 0.3 is 0 Å². The highest BCUT2D eigenvalue weighted by atomic mass is 16.5. The van der Waals surface area contributed by atoms with Crippen molar-refractivity contribution in [3.63, 3.8) is 0 Å². The van der Waals surface area contributed by atoms with E-state index in [2.05, 4.69) is 11.6 Å². The minimum atomic E-state index is 0.411. The third-order valence-corrected chi connectivity index (χ3v) is 1.16. The van der Waals surface area contributed by atoms with Gasteiger partial charge < -0.3 is 10.5 Å². The topological polar surface area (TPSA) is 48.1 Å². The number of rotatable bonds is 3. The number of anilines is 1. The summed E-state index contributed by atoms with van der Waals surface area (Å²) in [7, 11) is 0. The molecule has 1 aromatic heterocycles. The fourth-order valence-electron chi connectivity index (χ4n) is 0.674. The van der Waals surface area contributed by atoms with Gasteiger partial charge in [0.1, 0.15) is 6.61 Å². The lowest BCUT2D eigenvalue weighted by molar-refractivity contribution is 0.364. The molecule has 0 bridgehead atoms. The van der Waals surface area contributed by atoms with Crippen LogP contribution in [0.2, 0.25) is 0 Å². The molecule has 58 valence electrons. The summed E-state index contributed by atoms with van der Waals surface area (Å²) in [5, 5.41) is 0. The number of nitrogens with zero attached hydrogens (tertiary/aromatic N) is 1. The van der Waals surface area contributed by atoms with Crippen molar-refractivity contribution in [3.05, 3.63) is 31.0 Å². The molecule has 11 heavy (non-hydrogen) atoms. The first-order valence-electron chi connectivity index (χ1n) is 3.29. The zero-order valence-electron chi connectivity index (χ0n) is 6.16. The van der Waals surface area contributed by atoms with Gasteiger partial charge in [0.25, 0.3) is 0 Å². The second kappa shape index (κ2) is 3.61. The maximum atomic E-state index is 5.49. The molecule has 0 unspecified atom stereocenters. The number of nitrogens with two attached hydrogens (primary N) is 1. The van der Waals surface area contributed by atoms with Crippen LogP contribution in [0.4, 0.5) is 5.82 Å². The monoisotopic (exact) mass is 150 g/mol. The molecule has 1 aromatic rings. The van der Waals surface area contributed by atoms with Crippen LogP contribution in [0.5, 0.6) is 5.75 Å². The van der Waals surface area contributed by atoms with E-state index in [0.717, 1.165) is 0 Å². The molecule has 0 spiro atoms. The molecule has 0 fully saturated rings. The van der Waals surface area contributed by atoms with Crippen molar-refractivity contribution in [2.75, 3.05) is 12.3 Å². The number of ether oxygens (including phenoxy) is 1. The summed E-state index contributed by atoms with van der Waals surface area (Å²) >= 11 is 0. The first kappa shape index (κ1) is 7.60. The molecule has 0 saturated heterocycles. The normalized spacial score (nSPS) is 9.09. The van der Waals surface area contributed by atoms with Crippen LogP contribution >= 0.6 is 0 Å². The third-order valence-electron chi connectivity index (χ3n) is 1.16. The zero-order valence-corrected chi connectivity index (χ0v) is 6.16. The van der Waals surface area contributed by atoms with E-state index in [9.17, 15) is 0 Å². The molecule has 0 aromatic carbocycles. The van der Waals surface area contributed by atoms with Crippen molar-refractivity contribution in [2.45, 2.75) is 0 Å². The van der Waals surface area contributed by atoms with E-state index in [1.807, 2.05) is 0 Å². The minimum Gasteiger partial charge on any atom is -0.486 e. The quantitative estimate of drug-likeness (QED) is 0.659. The summed E-state index contributed by atoms with van der Waals surface area (Å²) in [5.41, 5.74) is 5.49. The van der Waals surface area contributed by atoms with Crippen LogP contribution in [0.25, 0.3) is 0 Å². The molecule has 0 aliphatic carbocycles. The Hall–Kier alpha value is -1.51. The van der Waals surface area contributed by atoms with Crippen LogP contribution in [0.3, 0.4) is 0 Å². The van der Waals surface area contributed by atoms with Gasteiger partial charge in [-0.05, 0) is 12.1 Å². The van der Waals surface area contributed by atoms with E-state index < -0.39 is 0 Å². The summed E-state index contributed by atoms with van der Waals surface area (Å²) in [6, 6.07) is 3.54. The van der Waals surface area contributed by atoms with E-state index in [4.69, 9.17) is 10.5 Å². The van der Waals surface area contributed by atoms with Crippen molar-refractivity contribution in [3.8, 4) is 5.75 Å². The Bertz CT molecular complexity index is 248. The van der Waals surface area contributed by atoms with Crippen LogP contribution in [0.1, 0.15) is 0 Å². The van der Waals surface area contributed by atoms with Gasteiger partial charge in [-0.1, -0.05) is 12.7 Å². The number of nitrogen functional groups attached to an aromatic ring is 1. The van der Waals surface area contributed by atoms with Gasteiger partial charge in [0.05, 0.1) is 0 Å². The van der Waals surface area contributed by atoms with E-state index in [1.165, 1.54) is 0 Å². The number of aromatic nitrogens is 1. The summed E-state index contributed by atoms with van der Waals surface area (Å²) in [4.78, 5) is 3.85. The number of hydrogen-bond acceptors (Lipinski definition) is 3. The predicted octanol–water partition coefficient (Wildman–Crippen LogP) is 1.23. The van der Waals surface area contributed by atoms with Gasteiger partial charge in [-0.3, -0.25) is 0 Å². The van der Waals surface area contributed by atoms with E-state index >= 15 is 0 Å². The van der Waals surface area contributed by atoms with Crippen LogP contribution in [0.15, 0.2) is 31.0 Å². The molecule has 0 amide bonds. The first-order chi connectivity index (χ1) is 5.34. The average molecular weight is 150 g/mol. The van der Waals surface area contributed by atoms with Gasteiger partial charge in [-0.2, -0.15) is 0 Å². The summed E-state index contributed by atoms with van der Waals surface area (Å²) in [6.45, 7) is 3.97. The maximum absolute atomic E-state index is 5.49. The Morgan fingerprint density at radius 1 is 1.73 bits per heavy atom. The lowest BCUT2D eigenvalue weighted by atomic mass is 10.4. The molecule has 0 aliphatic rings. The highest BCUT2D eigenvalue weighted by molar-refractivity contribution is 5.44. The standard InChI is InChI=1S/C8H10N2O/c1-2-6-11-7-4-3-5-10-8(7)9/h2-5H,1,6H2,(H2,9,10). The number of hydrogen-bond donors (Lipinski definition) is 1. The molecule has 0 atom stereocenters. The van der Waals surface area contributed by atoms with Crippen molar-refractivity contribution < 1.29 is 4.74 Å². The molecule has 3 nitrogen and oxygen atoms in total. The van der Waals surface area contributed by atoms with Crippen molar-refractivity contribution in [2.24, 2.45) is 0 Å². The predicted molar refractivity (Wildman–Crippen MR) is 44.3 cm³/mol. The zero-order chi connectivity index (χ0) is 8.10. The number of pyridine rings is 1.